The third-order valence-corrected chi connectivity index (χ3v) is 3.46. The van der Waals surface area contributed by atoms with Crippen LogP contribution >= 0.6 is 0 Å². The number of nitrogens with one attached hydrogen (secondary N) is 1. The predicted molar refractivity (Wildman–Crippen MR) is 62.6 cm³/mol. The van der Waals surface area contributed by atoms with Crippen LogP contribution in [0.15, 0.2) is 0 Å². The third kappa shape index (κ3) is 3.97. The minimum atomic E-state index is 0.829. The van der Waals surface area contributed by atoms with Crippen LogP contribution in [0.1, 0.15) is 39.0 Å². The Kier molecular flexibility index (Phi) is 5.49. The first-order valence-corrected chi connectivity index (χ1v) is 6.09. The van der Waals surface area contributed by atoms with Crippen LogP contribution in [0.3, 0.4) is 0 Å². The molecule has 0 aromatic carbocycles. The molecule has 0 heterocycles. The van der Waals surface area contributed by atoms with Crippen LogP contribution < -0.4 is 5.32 Å². The molecule has 1 fully saturated rings. The molecule has 1 rings (SSSR count). The second-order valence-electron chi connectivity index (χ2n) is 4.87. The summed E-state index contributed by atoms with van der Waals surface area (Å²) in [6.45, 7) is 4.78. The van der Waals surface area contributed by atoms with Gasteiger partial charge in [-0.25, -0.2) is 0 Å². The average Bonchev–Trinajstić information content (AvgIpc) is 2.01. The highest BCUT2D eigenvalue weighted by molar-refractivity contribution is 4.77. The monoisotopic (exact) mass is 198 g/mol. The summed E-state index contributed by atoms with van der Waals surface area (Å²) in [6, 6.07) is 0.912. The van der Waals surface area contributed by atoms with Crippen LogP contribution in [0, 0.1) is 5.92 Å². The van der Waals surface area contributed by atoms with Gasteiger partial charge in [-0.3, -0.25) is 0 Å². The number of hydrogen-bond donors (Lipinski definition) is 1. The Morgan fingerprint density at radius 1 is 1.43 bits per heavy atom. The van der Waals surface area contributed by atoms with Crippen molar-refractivity contribution in [1.29, 1.82) is 0 Å². The van der Waals surface area contributed by atoms with E-state index in [1.54, 1.807) is 0 Å². The molecule has 0 aromatic heterocycles. The molecule has 1 N–H and O–H groups in total. The summed E-state index contributed by atoms with van der Waals surface area (Å²) in [5, 5.41) is 3.24. The van der Waals surface area contributed by atoms with Gasteiger partial charge in [0.25, 0.3) is 0 Å². The maximum Gasteiger partial charge on any atom is 0.00922 e. The van der Waals surface area contributed by atoms with Crippen molar-refractivity contribution >= 4 is 0 Å². The lowest BCUT2D eigenvalue weighted by Gasteiger charge is -2.34. The highest BCUT2D eigenvalue weighted by Gasteiger charge is 2.21. The van der Waals surface area contributed by atoms with Crippen molar-refractivity contribution in [3.63, 3.8) is 0 Å². The molecule has 1 aliphatic rings. The quantitative estimate of drug-likeness (QED) is 0.674. The van der Waals surface area contributed by atoms with E-state index in [9.17, 15) is 0 Å². The van der Waals surface area contributed by atoms with Gasteiger partial charge in [0.05, 0.1) is 0 Å². The van der Waals surface area contributed by atoms with Gasteiger partial charge in [0, 0.05) is 6.04 Å². The smallest absolute Gasteiger partial charge is 0.00922 e. The Morgan fingerprint density at radius 3 is 2.64 bits per heavy atom. The van der Waals surface area contributed by atoms with Gasteiger partial charge in [-0.05, 0) is 58.8 Å². The van der Waals surface area contributed by atoms with Crippen LogP contribution in [0.25, 0.3) is 0 Å². The summed E-state index contributed by atoms with van der Waals surface area (Å²) < 4.78 is 0. The average molecular weight is 198 g/mol. The molecule has 0 aliphatic heterocycles. The summed E-state index contributed by atoms with van der Waals surface area (Å²) >= 11 is 0. The molecule has 0 aromatic rings. The van der Waals surface area contributed by atoms with E-state index in [0.717, 1.165) is 18.5 Å². The minimum absolute atomic E-state index is 0.829. The first-order valence-electron chi connectivity index (χ1n) is 6.09. The SMILES string of the molecule is CNCC(C)CCCN(C)C1CCC1. The summed E-state index contributed by atoms with van der Waals surface area (Å²) in [5.41, 5.74) is 0. The fraction of sp³-hybridized carbons (Fsp3) is 1.00. The van der Waals surface area contributed by atoms with Crippen LogP contribution in [-0.2, 0) is 0 Å². The predicted octanol–water partition coefficient (Wildman–Crippen LogP) is 2.11. The molecule has 1 atom stereocenters. The highest BCUT2D eigenvalue weighted by atomic mass is 15.1. The molecule has 2 heteroatoms. The van der Waals surface area contributed by atoms with Crippen LogP contribution in [0.5, 0.6) is 0 Å². The van der Waals surface area contributed by atoms with Gasteiger partial charge in [-0.1, -0.05) is 13.3 Å². The second kappa shape index (κ2) is 6.41. The van der Waals surface area contributed by atoms with Crippen molar-refractivity contribution in [2.45, 2.75) is 45.1 Å². The Labute approximate surface area is 89.1 Å². The van der Waals surface area contributed by atoms with Crippen molar-refractivity contribution in [2.24, 2.45) is 5.92 Å². The molecule has 0 radical (unpaired) electrons. The van der Waals surface area contributed by atoms with E-state index in [1.807, 2.05) is 7.05 Å². The lowest BCUT2D eigenvalue weighted by atomic mass is 9.91. The molecule has 1 aliphatic carbocycles. The number of rotatable bonds is 7. The second-order valence-corrected chi connectivity index (χ2v) is 4.87. The molecule has 1 unspecified atom stereocenters. The zero-order valence-corrected chi connectivity index (χ0v) is 10.1. The Balaban J connectivity index is 1.96. The summed E-state index contributed by atoms with van der Waals surface area (Å²) in [7, 11) is 4.32. The maximum atomic E-state index is 3.24. The van der Waals surface area contributed by atoms with E-state index >= 15 is 0 Å². The first kappa shape index (κ1) is 12.0. The summed E-state index contributed by atoms with van der Waals surface area (Å²) in [5.74, 6) is 0.829. The fourth-order valence-electron chi connectivity index (χ4n) is 2.15. The summed E-state index contributed by atoms with van der Waals surface area (Å²) in [6.07, 6.45) is 7.03. The van der Waals surface area contributed by atoms with Crippen molar-refractivity contribution in [3.05, 3.63) is 0 Å². The maximum absolute atomic E-state index is 3.24. The molecule has 0 spiro atoms. The fourth-order valence-corrected chi connectivity index (χ4v) is 2.15. The topological polar surface area (TPSA) is 15.3 Å². The Hall–Kier alpha value is -0.0800. The molecule has 14 heavy (non-hydrogen) atoms. The highest BCUT2D eigenvalue weighted by Crippen LogP contribution is 2.23. The van der Waals surface area contributed by atoms with E-state index in [-0.39, 0.29) is 0 Å². The Morgan fingerprint density at radius 2 is 2.14 bits per heavy atom. The largest absolute Gasteiger partial charge is 0.319 e. The zero-order valence-electron chi connectivity index (χ0n) is 10.1. The number of hydrogen-bond acceptors (Lipinski definition) is 2. The van der Waals surface area contributed by atoms with Gasteiger partial charge in [0.15, 0.2) is 0 Å². The van der Waals surface area contributed by atoms with Gasteiger partial charge in [-0.15, -0.1) is 0 Å². The van der Waals surface area contributed by atoms with E-state index < -0.39 is 0 Å². The van der Waals surface area contributed by atoms with Crippen LogP contribution in [0.2, 0.25) is 0 Å². The van der Waals surface area contributed by atoms with E-state index in [4.69, 9.17) is 0 Å². The minimum Gasteiger partial charge on any atom is -0.319 e. The van der Waals surface area contributed by atoms with Gasteiger partial charge in [0.2, 0.25) is 0 Å². The lowest BCUT2D eigenvalue weighted by Crippen LogP contribution is -2.37. The van der Waals surface area contributed by atoms with Gasteiger partial charge in [-0.2, -0.15) is 0 Å². The molecule has 0 amide bonds. The third-order valence-electron chi connectivity index (χ3n) is 3.46. The summed E-state index contributed by atoms with van der Waals surface area (Å²) in [4.78, 5) is 2.55. The molecular weight excluding hydrogens is 172 g/mol. The lowest BCUT2D eigenvalue weighted by molar-refractivity contribution is 0.155. The van der Waals surface area contributed by atoms with E-state index in [1.165, 1.54) is 38.6 Å². The van der Waals surface area contributed by atoms with Crippen molar-refractivity contribution in [2.75, 3.05) is 27.2 Å². The number of nitrogens with zero attached hydrogens (tertiary/aromatic N) is 1. The normalized spacial score (nSPS) is 19.7. The van der Waals surface area contributed by atoms with Crippen LogP contribution in [0.4, 0.5) is 0 Å². The molecule has 1 saturated carbocycles. The van der Waals surface area contributed by atoms with Gasteiger partial charge in [0.1, 0.15) is 0 Å². The molecular formula is C12H26N2. The van der Waals surface area contributed by atoms with E-state index in [2.05, 4.69) is 24.2 Å². The molecule has 84 valence electrons. The zero-order chi connectivity index (χ0) is 10.4. The van der Waals surface area contributed by atoms with Crippen molar-refractivity contribution < 1.29 is 0 Å². The molecule has 0 saturated heterocycles. The van der Waals surface area contributed by atoms with Crippen molar-refractivity contribution in [3.8, 4) is 0 Å². The first-order chi connectivity index (χ1) is 6.74. The molecule has 2 nitrogen and oxygen atoms in total. The van der Waals surface area contributed by atoms with Gasteiger partial charge < -0.3 is 10.2 Å². The van der Waals surface area contributed by atoms with Gasteiger partial charge >= 0.3 is 0 Å². The van der Waals surface area contributed by atoms with Crippen molar-refractivity contribution in [1.82, 2.24) is 10.2 Å². The Bertz CT molecular complexity index is 143. The van der Waals surface area contributed by atoms with Crippen LogP contribution in [-0.4, -0.2) is 38.1 Å². The molecule has 0 bridgehead atoms. The van der Waals surface area contributed by atoms with E-state index in [0.29, 0.717) is 0 Å². The standard InChI is InChI=1S/C12H26N2/c1-11(10-13-2)6-5-9-14(3)12-7-4-8-12/h11-13H,4-10H2,1-3H3.